The molecule has 2 heterocycles. The van der Waals surface area contributed by atoms with Crippen molar-refractivity contribution >= 4 is 10.8 Å². The van der Waals surface area contributed by atoms with Crippen molar-refractivity contribution in [3.63, 3.8) is 0 Å². The van der Waals surface area contributed by atoms with Crippen molar-refractivity contribution in [1.82, 2.24) is 0 Å². The van der Waals surface area contributed by atoms with Crippen LogP contribution < -0.4 is 0 Å². The fraction of sp³-hybridized carbons (Fsp3) is 0.0952. The lowest BCUT2D eigenvalue weighted by Crippen LogP contribution is -2.62. The van der Waals surface area contributed by atoms with E-state index >= 15 is 0 Å². The second-order valence-electron chi connectivity index (χ2n) is 12.0. The Bertz CT molecular complexity index is 1910. The SMILES string of the molecule is C1=CC2C(C=C1)C1(c3ccccc3)OOC2(c2ccccc2)c2c1c(-c1ccccc1)c1ccccc1c2-c1ccccc1. The first-order valence-electron chi connectivity index (χ1n) is 15.4. The largest absolute Gasteiger partial charge is 0.218 e. The zero-order valence-corrected chi connectivity index (χ0v) is 24.1. The van der Waals surface area contributed by atoms with Gasteiger partial charge in [-0.15, -0.1) is 0 Å². The standard InChI is InChI=1S/C42H30O2/c1-5-17-29(18-6-1)37-33-25-13-14-26-34(33)38(30-19-7-2-8-20-30)40-39(37)41(31-21-9-3-10-22-31)35-27-15-16-28-36(35)42(40,44-43-41)32-23-11-4-12-24-32/h1-28,35-36H. The van der Waals surface area contributed by atoms with Crippen LogP contribution in [0.15, 0.2) is 170 Å². The van der Waals surface area contributed by atoms with Gasteiger partial charge in [0.05, 0.1) is 0 Å². The molecule has 44 heavy (non-hydrogen) atoms. The molecule has 10 rings (SSSR count). The molecule has 2 nitrogen and oxygen atoms in total. The Balaban J connectivity index is 1.58. The van der Waals surface area contributed by atoms with Gasteiger partial charge in [-0.3, -0.25) is 0 Å². The lowest BCUT2D eigenvalue weighted by atomic mass is 9.52. The quantitative estimate of drug-likeness (QED) is 0.198. The summed E-state index contributed by atoms with van der Waals surface area (Å²) in [6, 6.07) is 51.9. The van der Waals surface area contributed by atoms with Gasteiger partial charge in [-0.1, -0.05) is 170 Å². The van der Waals surface area contributed by atoms with Crippen molar-refractivity contribution in [3.05, 3.63) is 192 Å². The number of rotatable bonds is 4. The molecule has 0 N–H and O–H groups in total. The Kier molecular flexibility index (Phi) is 5.65. The zero-order valence-electron chi connectivity index (χ0n) is 24.1. The molecule has 0 spiro atoms. The van der Waals surface area contributed by atoms with Crippen LogP contribution in [0.25, 0.3) is 33.0 Å². The first-order valence-corrected chi connectivity index (χ1v) is 15.4. The van der Waals surface area contributed by atoms with Crippen molar-refractivity contribution in [1.29, 1.82) is 0 Å². The highest BCUT2D eigenvalue weighted by atomic mass is 17.2. The third-order valence-electron chi connectivity index (χ3n) is 9.87. The van der Waals surface area contributed by atoms with Crippen LogP contribution in [-0.4, -0.2) is 0 Å². The summed E-state index contributed by atoms with van der Waals surface area (Å²) in [5.74, 6) is -0.0211. The van der Waals surface area contributed by atoms with E-state index in [1.54, 1.807) is 0 Å². The van der Waals surface area contributed by atoms with E-state index in [-0.39, 0.29) is 11.8 Å². The average molecular weight is 567 g/mol. The lowest BCUT2D eigenvalue weighted by molar-refractivity contribution is -0.464. The van der Waals surface area contributed by atoms with Crippen LogP contribution in [0.5, 0.6) is 0 Å². The molecule has 4 atom stereocenters. The van der Waals surface area contributed by atoms with E-state index in [9.17, 15) is 0 Å². The summed E-state index contributed by atoms with van der Waals surface area (Å²) in [6.45, 7) is 0. The van der Waals surface area contributed by atoms with Crippen LogP contribution >= 0.6 is 0 Å². The monoisotopic (exact) mass is 566 g/mol. The highest BCUT2D eigenvalue weighted by Crippen LogP contribution is 2.69. The van der Waals surface area contributed by atoms with Crippen LogP contribution in [0.1, 0.15) is 22.3 Å². The van der Waals surface area contributed by atoms with E-state index in [1.165, 1.54) is 44.2 Å². The second kappa shape index (κ2) is 9.75. The minimum atomic E-state index is -0.891. The molecule has 0 aromatic heterocycles. The van der Waals surface area contributed by atoms with E-state index in [0.717, 1.165) is 11.1 Å². The third kappa shape index (κ3) is 3.33. The van der Waals surface area contributed by atoms with Gasteiger partial charge in [-0.2, -0.15) is 0 Å². The molecule has 4 unspecified atom stereocenters. The van der Waals surface area contributed by atoms with Crippen molar-refractivity contribution in [2.24, 2.45) is 11.8 Å². The minimum Gasteiger partial charge on any atom is -0.218 e. The highest BCUT2D eigenvalue weighted by Gasteiger charge is 2.68. The molecule has 0 amide bonds. The maximum Gasteiger partial charge on any atom is 0.161 e. The molecule has 1 fully saturated rings. The highest BCUT2D eigenvalue weighted by molar-refractivity contribution is 6.09. The summed E-state index contributed by atoms with van der Waals surface area (Å²) >= 11 is 0. The van der Waals surface area contributed by atoms with E-state index in [4.69, 9.17) is 9.78 Å². The summed E-state index contributed by atoms with van der Waals surface area (Å²) < 4.78 is 0. The number of hydrogen-bond donors (Lipinski definition) is 0. The fourth-order valence-electron chi connectivity index (χ4n) is 8.17. The molecule has 2 aliphatic heterocycles. The summed E-state index contributed by atoms with van der Waals surface area (Å²) in [5, 5.41) is 2.41. The van der Waals surface area contributed by atoms with Gasteiger partial charge in [-0.05, 0) is 44.2 Å². The second-order valence-corrected chi connectivity index (χ2v) is 12.0. The minimum absolute atomic E-state index is 0.0106. The van der Waals surface area contributed by atoms with Crippen LogP contribution in [0.3, 0.4) is 0 Å². The van der Waals surface area contributed by atoms with Gasteiger partial charge < -0.3 is 0 Å². The third-order valence-corrected chi connectivity index (χ3v) is 9.87. The zero-order chi connectivity index (χ0) is 29.1. The number of benzene rings is 6. The predicted molar refractivity (Wildman–Crippen MR) is 177 cm³/mol. The van der Waals surface area contributed by atoms with Crippen LogP contribution in [0.4, 0.5) is 0 Å². The van der Waals surface area contributed by atoms with Gasteiger partial charge in [0, 0.05) is 23.0 Å². The summed E-state index contributed by atoms with van der Waals surface area (Å²) in [6.07, 6.45) is 9.03. The molecule has 0 saturated carbocycles. The normalized spacial score (nSPS) is 24.6. The van der Waals surface area contributed by atoms with Crippen LogP contribution in [0, 0.1) is 11.8 Å². The Hall–Kier alpha value is -5.02. The van der Waals surface area contributed by atoms with E-state index < -0.39 is 11.2 Å². The van der Waals surface area contributed by atoms with Gasteiger partial charge in [0.15, 0.2) is 11.2 Å². The van der Waals surface area contributed by atoms with Gasteiger partial charge in [0.1, 0.15) is 0 Å². The molecule has 2 bridgehead atoms. The number of fused-ring (bicyclic) bond motifs is 2. The molecule has 4 aliphatic rings. The van der Waals surface area contributed by atoms with Crippen LogP contribution in [-0.2, 0) is 21.0 Å². The van der Waals surface area contributed by atoms with E-state index in [0.29, 0.717) is 0 Å². The lowest BCUT2D eigenvalue weighted by Gasteiger charge is -2.61. The van der Waals surface area contributed by atoms with Gasteiger partial charge in [-0.25, -0.2) is 9.78 Å². The molecule has 6 aromatic carbocycles. The Labute approximate surface area is 257 Å². The Morgan fingerprint density at radius 2 is 0.727 bits per heavy atom. The average Bonchev–Trinajstić information content (AvgIpc) is 3.12. The topological polar surface area (TPSA) is 18.5 Å². The molecule has 2 heteroatoms. The summed E-state index contributed by atoms with van der Waals surface area (Å²) in [4.78, 5) is 14.0. The molecular formula is C42H30O2. The molecule has 1 saturated heterocycles. The molecule has 2 aliphatic carbocycles. The molecule has 210 valence electrons. The number of hydrogen-bond acceptors (Lipinski definition) is 2. The Morgan fingerprint density at radius 3 is 1.11 bits per heavy atom. The van der Waals surface area contributed by atoms with Crippen molar-refractivity contribution in [2.75, 3.05) is 0 Å². The molecule has 6 aromatic rings. The van der Waals surface area contributed by atoms with Gasteiger partial charge in [0.2, 0.25) is 0 Å². The summed E-state index contributed by atoms with van der Waals surface area (Å²) in [7, 11) is 0. The first kappa shape index (κ1) is 25.5. The van der Waals surface area contributed by atoms with Crippen molar-refractivity contribution < 1.29 is 9.78 Å². The molecule has 0 radical (unpaired) electrons. The fourth-order valence-corrected chi connectivity index (χ4v) is 8.17. The molecular weight excluding hydrogens is 536 g/mol. The maximum absolute atomic E-state index is 7.02. The number of allylic oxidation sites excluding steroid dienone is 2. The smallest absolute Gasteiger partial charge is 0.161 e. The first-order chi connectivity index (χ1) is 21.8. The van der Waals surface area contributed by atoms with Gasteiger partial charge >= 0.3 is 0 Å². The van der Waals surface area contributed by atoms with E-state index in [1.807, 2.05) is 0 Å². The van der Waals surface area contributed by atoms with Crippen molar-refractivity contribution in [3.8, 4) is 22.3 Å². The predicted octanol–water partition coefficient (Wildman–Crippen LogP) is 9.99. The summed E-state index contributed by atoms with van der Waals surface area (Å²) in [5.41, 5.74) is 7.49. The van der Waals surface area contributed by atoms with Crippen molar-refractivity contribution in [2.45, 2.75) is 11.2 Å². The Morgan fingerprint density at radius 1 is 0.386 bits per heavy atom. The van der Waals surface area contributed by atoms with E-state index in [2.05, 4.69) is 170 Å². The van der Waals surface area contributed by atoms with Gasteiger partial charge in [0.25, 0.3) is 0 Å². The van der Waals surface area contributed by atoms with Crippen LogP contribution in [0.2, 0.25) is 0 Å². The maximum atomic E-state index is 7.02.